The number of pyridine rings is 1. The van der Waals surface area contributed by atoms with Crippen LogP contribution < -0.4 is 10.6 Å². The summed E-state index contributed by atoms with van der Waals surface area (Å²) in [7, 11) is 0. The lowest BCUT2D eigenvalue weighted by molar-refractivity contribution is -0.128. The maximum atomic E-state index is 11.6. The molecular weight excluding hydrogens is 298 g/mol. The third-order valence-electron chi connectivity index (χ3n) is 2.19. The van der Waals surface area contributed by atoms with Crippen LogP contribution in [-0.4, -0.2) is 42.0 Å². The van der Waals surface area contributed by atoms with Crippen LogP contribution in [0.2, 0.25) is 5.15 Å². The standard InChI is InChI=1S/C13H16ClN3O4/c1-8(2)17-11(18)6-16-12(19)7-21-13(20)9-3-4-10(14)15-5-9/h3-5,8H,6-7H2,1-2H3,(H,16,19)(H,17,18). The van der Waals surface area contributed by atoms with Crippen molar-refractivity contribution >= 4 is 29.4 Å². The molecule has 0 unspecified atom stereocenters. The van der Waals surface area contributed by atoms with Crippen LogP contribution in [0.15, 0.2) is 18.3 Å². The molecule has 0 spiro atoms. The third-order valence-corrected chi connectivity index (χ3v) is 2.42. The van der Waals surface area contributed by atoms with Gasteiger partial charge >= 0.3 is 5.97 Å². The van der Waals surface area contributed by atoms with Gasteiger partial charge in [0.15, 0.2) is 6.61 Å². The first-order chi connectivity index (χ1) is 9.88. The van der Waals surface area contributed by atoms with Gasteiger partial charge in [0.1, 0.15) is 5.15 Å². The number of amides is 2. The van der Waals surface area contributed by atoms with Crippen molar-refractivity contribution in [1.29, 1.82) is 0 Å². The van der Waals surface area contributed by atoms with Crippen LogP contribution in [0.3, 0.4) is 0 Å². The minimum absolute atomic E-state index is 0.00960. The zero-order valence-corrected chi connectivity index (χ0v) is 12.4. The Morgan fingerprint density at radius 1 is 1.29 bits per heavy atom. The number of ether oxygens (including phenoxy) is 1. The van der Waals surface area contributed by atoms with E-state index in [1.807, 2.05) is 13.8 Å². The lowest BCUT2D eigenvalue weighted by Crippen LogP contribution is -2.41. The molecule has 1 rings (SSSR count). The molecule has 21 heavy (non-hydrogen) atoms. The Morgan fingerprint density at radius 3 is 2.57 bits per heavy atom. The van der Waals surface area contributed by atoms with E-state index in [4.69, 9.17) is 16.3 Å². The van der Waals surface area contributed by atoms with Gasteiger partial charge in [-0.2, -0.15) is 0 Å². The quantitative estimate of drug-likeness (QED) is 0.590. The van der Waals surface area contributed by atoms with Crippen molar-refractivity contribution in [2.45, 2.75) is 19.9 Å². The van der Waals surface area contributed by atoms with Gasteiger partial charge < -0.3 is 15.4 Å². The SMILES string of the molecule is CC(C)NC(=O)CNC(=O)COC(=O)c1ccc(Cl)nc1. The Balaban J connectivity index is 2.31. The average molecular weight is 314 g/mol. The molecule has 0 saturated carbocycles. The van der Waals surface area contributed by atoms with Crippen molar-refractivity contribution in [2.24, 2.45) is 0 Å². The first kappa shape index (κ1) is 16.9. The van der Waals surface area contributed by atoms with Gasteiger partial charge in [0, 0.05) is 12.2 Å². The van der Waals surface area contributed by atoms with Crippen LogP contribution >= 0.6 is 11.6 Å². The van der Waals surface area contributed by atoms with Gasteiger partial charge in [-0.05, 0) is 26.0 Å². The van der Waals surface area contributed by atoms with Crippen molar-refractivity contribution in [3.05, 3.63) is 29.0 Å². The normalized spacial score (nSPS) is 10.1. The molecule has 0 atom stereocenters. The van der Waals surface area contributed by atoms with E-state index in [-0.39, 0.29) is 29.2 Å². The first-order valence-electron chi connectivity index (χ1n) is 6.23. The molecule has 7 nitrogen and oxygen atoms in total. The molecule has 8 heteroatoms. The summed E-state index contributed by atoms with van der Waals surface area (Å²) >= 11 is 5.59. The number of hydrogen-bond acceptors (Lipinski definition) is 5. The number of nitrogens with one attached hydrogen (secondary N) is 2. The van der Waals surface area contributed by atoms with E-state index in [1.165, 1.54) is 18.3 Å². The number of carbonyl (C=O) groups excluding carboxylic acids is 3. The molecule has 0 aliphatic carbocycles. The van der Waals surface area contributed by atoms with Gasteiger partial charge in [0.25, 0.3) is 5.91 Å². The molecular formula is C13H16ClN3O4. The van der Waals surface area contributed by atoms with Crippen molar-refractivity contribution in [3.8, 4) is 0 Å². The summed E-state index contributed by atoms with van der Waals surface area (Å²) in [6.45, 7) is 2.97. The summed E-state index contributed by atoms with van der Waals surface area (Å²) in [6, 6.07) is 2.87. The van der Waals surface area contributed by atoms with Crippen molar-refractivity contribution in [3.63, 3.8) is 0 Å². The molecule has 0 aliphatic rings. The Hall–Kier alpha value is -2.15. The van der Waals surface area contributed by atoms with Gasteiger partial charge in [0.2, 0.25) is 5.91 Å². The van der Waals surface area contributed by atoms with Crippen molar-refractivity contribution in [2.75, 3.05) is 13.2 Å². The lowest BCUT2D eigenvalue weighted by Gasteiger charge is -2.09. The third kappa shape index (κ3) is 6.71. The van der Waals surface area contributed by atoms with E-state index in [0.29, 0.717) is 0 Å². The van der Waals surface area contributed by atoms with Crippen molar-refractivity contribution in [1.82, 2.24) is 15.6 Å². The number of rotatable bonds is 6. The smallest absolute Gasteiger partial charge is 0.340 e. The van der Waals surface area contributed by atoms with Crippen LogP contribution in [0.4, 0.5) is 0 Å². The maximum Gasteiger partial charge on any atom is 0.340 e. The fourth-order valence-electron chi connectivity index (χ4n) is 1.31. The summed E-state index contributed by atoms with van der Waals surface area (Å²) < 4.78 is 4.78. The lowest BCUT2D eigenvalue weighted by atomic mass is 10.3. The molecule has 0 saturated heterocycles. The van der Waals surface area contributed by atoms with Crippen LogP contribution in [0, 0.1) is 0 Å². The van der Waals surface area contributed by atoms with Crippen LogP contribution in [-0.2, 0) is 14.3 Å². The van der Waals surface area contributed by atoms with Crippen molar-refractivity contribution < 1.29 is 19.1 Å². The summed E-state index contributed by atoms with van der Waals surface area (Å²) in [5.74, 6) is -1.57. The van der Waals surface area contributed by atoms with E-state index >= 15 is 0 Å². The fourth-order valence-corrected chi connectivity index (χ4v) is 1.43. The molecule has 0 bridgehead atoms. The topological polar surface area (TPSA) is 97.4 Å². The monoisotopic (exact) mass is 313 g/mol. The highest BCUT2D eigenvalue weighted by molar-refractivity contribution is 6.29. The highest BCUT2D eigenvalue weighted by Gasteiger charge is 2.11. The predicted molar refractivity (Wildman–Crippen MR) is 75.8 cm³/mol. The van der Waals surface area contributed by atoms with Gasteiger partial charge in [-0.1, -0.05) is 11.6 Å². The molecule has 114 valence electrons. The minimum Gasteiger partial charge on any atom is -0.452 e. The number of carbonyl (C=O) groups is 3. The Morgan fingerprint density at radius 2 is 2.00 bits per heavy atom. The average Bonchev–Trinajstić information content (AvgIpc) is 2.42. The number of aromatic nitrogens is 1. The summed E-state index contributed by atoms with van der Waals surface area (Å²) in [4.78, 5) is 38.0. The van der Waals surface area contributed by atoms with E-state index in [2.05, 4.69) is 15.6 Å². The van der Waals surface area contributed by atoms with E-state index < -0.39 is 18.5 Å². The summed E-state index contributed by atoms with van der Waals surface area (Å²) in [5, 5.41) is 5.20. The van der Waals surface area contributed by atoms with Crippen LogP contribution in [0.25, 0.3) is 0 Å². The number of halogens is 1. The molecule has 1 aromatic rings. The molecule has 0 fully saturated rings. The molecule has 1 aromatic heterocycles. The van der Waals surface area contributed by atoms with E-state index in [9.17, 15) is 14.4 Å². The van der Waals surface area contributed by atoms with Gasteiger partial charge in [-0.25, -0.2) is 9.78 Å². The highest BCUT2D eigenvalue weighted by Crippen LogP contribution is 2.06. The second-order valence-corrected chi connectivity index (χ2v) is 4.83. The van der Waals surface area contributed by atoms with Gasteiger partial charge in [-0.3, -0.25) is 9.59 Å². The fraction of sp³-hybridized carbons (Fsp3) is 0.385. The number of nitrogens with zero attached hydrogens (tertiary/aromatic N) is 1. The Kier molecular flexibility index (Phi) is 6.61. The maximum absolute atomic E-state index is 11.6. The zero-order chi connectivity index (χ0) is 15.8. The van der Waals surface area contributed by atoms with Gasteiger partial charge in [-0.15, -0.1) is 0 Å². The predicted octanol–water partition coefficient (Wildman–Crippen LogP) is 0.533. The zero-order valence-electron chi connectivity index (χ0n) is 11.7. The second kappa shape index (κ2) is 8.21. The number of esters is 1. The second-order valence-electron chi connectivity index (χ2n) is 4.44. The summed E-state index contributed by atoms with van der Waals surface area (Å²) in [6.07, 6.45) is 1.25. The molecule has 2 amide bonds. The Labute approximate surface area is 127 Å². The Bertz CT molecular complexity index is 517. The number of hydrogen-bond donors (Lipinski definition) is 2. The first-order valence-corrected chi connectivity index (χ1v) is 6.61. The molecule has 0 aromatic carbocycles. The minimum atomic E-state index is -0.694. The van der Waals surface area contributed by atoms with E-state index in [1.54, 1.807) is 0 Å². The summed E-state index contributed by atoms with van der Waals surface area (Å²) in [5.41, 5.74) is 0.185. The highest BCUT2D eigenvalue weighted by atomic mass is 35.5. The largest absolute Gasteiger partial charge is 0.452 e. The van der Waals surface area contributed by atoms with E-state index in [0.717, 1.165) is 0 Å². The van der Waals surface area contributed by atoms with Crippen LogP contribution in [0.1, 0.15) is 24.2 Å². The van der Waals surface area contributed by atoms with Gasteiger partial charge in [0.05, 0.1) is 12.1 Å². The molecule has 0 aliphatic heterocycles. The molecule has 0 radical (unpaired) electrons. The van der Waals surface area contributed by atoms with Crippen LogP contribution in [0.5, 0.6) is 0 Å². The molecule has 1 heterocycles. The molecule has 2 N–H and O–H groups in total.